The summed E-state index contributed by atoms with van der Waals surface area (Å²) in [6.45, 7) is 4.06. The molecule has 4 heteroatoms. The van der Waals surface area contributed by atoms with Crippen LogP contribution < -0.4 is 10.1 Å². The summed E-state index contributed by atoms with van der Waals surface area (Å²) in [5.41, 5.74) is 3.07. The Hall–Kier alpha value is -1.55. The van der Waals surface area contributed by atoms with Gasteiger partial charge in [-0.3, -0.25) is 0 Å². The van der Waals surface area contributed by atoms with Crippen molar-refractivity contribution in [2.75, 3.05) is 12.4 Å². The molecule has 0 fully saturated rings. The smallest absolute Gasteiger partial charge is 0.141 e. The second-order valence-electron chi connectivity index (χ2n) is 4.74. The summed E-state index contributed by atoms with van der Waals surface area (Å²) in [4.78, 5) is 0. The molecule has 1 unspecified atom stereocenters. The Balaban J connectivity index is 2.27. The summed E-state index contributed by atoms with van der Waals surface area (Å²) in [6.07, 6.45) is 0. The highest BCUT2D eigenvalue weighted by Crippen LogP contribution is 2.31. The number of benzene rings is 2. The van der Waals surface area contributed by atoms with E-state index in [-0.39, 0.29) is 11.9 Å². The number of hydrogen-bond acceptors (Lipinski definition) is 2. The molecular weight excluding hydrogens is 321 g/mol. The van der Waals surface area contributed by atoms with Gasteiger partial charge < -0.3 is 10.1 Å². The van der Waals surface area contributed by atoms with Gasteiger partial charge in [0.25, 0.3) is 0 Å². The van der Waals surface area contributed by atoms with E-state index >= 15 is 0 Å². The van der Waals surface area contributed by atoms with Gasteiger partial charge in [0.2, 0.25) is 0 Å². The van der Waals surface area contributed by atoms with Crippen molar-refractivity contribution >= 4 is 21.6 Å². The summed E-state index contributed by atoms with van der Waals surface area (Å²) < 4.78 is 19.2. The molecule has 1 N–H and O–H groups in total. The van der Waals surface area contributed by atoms with Crippen LogP contribution in [-0.2, 0) is 0 Å². The molecule has 0 radical (unpaired) electrons. The van der Waals surface area contributed by atoms with Crippen LogP contribution in [0.4, 0.5) is 10.1 Å². The van der Waals surface area contributed by atoms with Crippen molar-refractivity contribution in [2.24, 2.45) is 0 Å². The minimum Gasteiger partial charge on any atom is -0.495 e. The molecule has 2 rings (SSSR count). The molecule has 0 aliphatic rings. The summed E-state index contributed by atoms with van der Waals surface area (Å²) in [5, 5.41) is 3.40. The number of nitrogens with one attached hydrogen (secondary N) is 1. The maximum Gasteiger partial charge on any atom is 0.141 e. The van der Waals surface area contributed by atoms with Gasteiger partial charge in [-0.2, -0.15) is 0 Å². The Morgan fingerprint density at radius 3 is 2.60 bits per heavy atom. The first-order valence-electron chi connectivity index (χ1n) is 6.37. The van der Waals surface area contributed by atoms with Crippen LogP contribution in [0, 0.1) is 12.7 Å². The molecule has 0 aromatic heterocycles. The second-order valence-corrected chi connectivity index (χ2v) is 5.59. The fraction of sp³-hybridized carbons (Fsp3) is 0.250. The molecule has 106 valence electrons. The number of hydrogen-bond donors (Lipinski definition) is 1. The van der Waals surface area contributed by atoms with Gasteiger partial charge in [-0.25, -0.2) is 4.39 Å². The molecule has 0 aliphatic carbocycles. The van der Waals surface area contributed by atoms with E-state index < -0.39 is 0 Å². The highest BCUT2D eigenvalue weighted by atomic mass is 79.9. The van der Waals surface area contributed by atoms with Gasteiger partial charge in [0, 0.05) is 10.5 Å². The molecule has 0 aliphatic heterocycles. The highest BCUT2D eigenvalue weighted by molar-refractivity contribution is 9.10. The van der Waals surface area contributed by atoms with E-state index in [0.717, 1.165) is 27.0 Å². The Bertz CT molecular complexity index is 615. The maximum absolute atomic E-state index is 13.1. The number of rotatable bonds is 4. The summed E-state index contributed by atoms with van der Waals surface area (Å²) in [7, 11) is 1.65. The van der Waals surface area contributed by atoms with Crippen molar-refractivity contribution in [1.29, 1.82) is 0 Å². The second kappa shape index (κ2) is 6.27. The van der Waals surface area contributed by atoms with E-state index in [9.17, 15) is 4.39 Å². The van der Waals surface area contributed by atoms with Crippen molar-refractivity contribution in [1.82, 2.24) is 0 Å². The van der Waals surface area contributed by atoms with Gasteiger partial charge in [0.1, 0.15) is 11.6 Å². The first-order valence-corrected chi connectivity index (χ1v) is 7.16. The number of halogens is 2. The summed E-state index contributed by atoms with van der Waals surface area (Å²) in [5.74, 6) is 0.543. The van der Waals surface area contributed by atoms with Crippen molar-refractivity contribution in [2.45, 2.75) is 19.9 Å². The number of aryl methyl sites for hydroxylation is 1. The molecule has 20 heavy (non-hydrogen) atoms. The minimum atomic E-state index is -0.249. The Kier molecular flexibility index (Phi) is 4.65. The predicted molar refractivity (Wildman–Crippen MR) is 83.9 cm³/mol. The van der Waals surface area contributed by atoms with Crippen LogP contribution in [0.1, 0.15) is 24.1 Å². The molecule has 2 nitrogen and oxygen atoms in total. The third-order valence-corrected chi connectivity index (χ3v) is 3.84. The standard InChI is InChI=1S/C16H17BrFNO/c1-10-4-7-16(20-3)15(8-10)19-11(2)13-6-5-12(18)9-14(13)17/h4-9,11,19H,1-3H3. The Morgan fingerprint density at radius 2 is 1.95 bits per heavy atom. The van der Waals surface area contributed by atoms with Gasteiger partial charge in [-0.1, -0.05) is 28.1 Å². The lowest BCUT2D eigenvalue weighted by atomic mass is 10.1. The predicted octanol–water partition coefficient (Wildman–Crippen LogP) is 5.08. The normalized spacial score (nSPS) is 12.1. The van der Waals surface area contributed by atoms with Gasteiger partial charge >= 0.3 is 0 Å². The molecule has 2 aromatic carbocycles. The van der Waals surface area contributed by atoms with Crippen LogP contribution in [0.15, 0.2) is 40.9 Å². The lowest BCUT2D eigenvalue weighted by Gasteiger charge is -2.19. The van der Waals surface area contributed by atoms with Crippen molar-refractivity contribution < 1.29 is 9.13 Å². The van der Waals surface area contributed by atoms with E-state index in [4.69, 9.17) is 4.74 Å². The minimum absolute atomic E-state index is 0.0284. The zero-order valence-electron chi connectivity index (χ0n) is 11.7. The van der Waals surface area contributed by atoms with Crippen LogP contribution in [0.3, 0.4) is 0 Å². The van der Waals surface area contributed by atoms with Crippen molar-refractivity contribution in [3.63, 3.8) is 0 Å². The third kappa shape index (κ3) is 3.31. The number of anilines is 1. The topological polar surface area (TPSA) is 21.3 Å². The number of ether oxygens (including phenoxy) is 1. The van der Waals surface area contributed by atoms with E-state index in [1.807, 2.05) is 32.0 Å². The SMILES string of the molecule is COc1ccc(C)cc1NC(C)c1ccc(F)cc1Br. The number of methoxy groups -OCH3 is 1. The molecule has 1 atom stereocenters. The average Bonchev–Trinajstić information content (AvgIpc) is 2.38. The lowest BCUT2D eigenvalue weighted by molar-refractivity contribution is 0.416. The Morgan fingerprint density at radius 1 is 1.20 bits per heavy atom. The average molecular weight is 338 g/mol. The molecule has 0 saturated heterocycles. The zero-order valence-corrected chi connectivity index (χ0v) is 13.3. The van der Waals surface area contributed by atoms with Crippen LogP contribution in [0.2, 0.25) is 0 Å². The summed E-state index contributed by atoms with van der Waals surface area (Å²) >= 11 is 3.40. The van der Waals surface area contributed by atoms with Gasteiger partial charge in [0.15, 0.2) is 0 Å². The van der Waals surface area contributed by atoms with Crippen LogP contribution in [0.25, 0.3) is 0 Å². The van der Waals surface area contributed by atoms with Crippen molar-refractivity contribution in [3.05, 3.63) is 57.8 Å². The molecule has 0 amide bonds. The maximum atomic E-state index is 13.1. The van der Waals surface area contributed by atoms with E-state index in [1.54, 1.807) is 13.2 Å². The van der Waals surface area contributed by atoms with Gasteiger partial charge in [-0.05, 0) is 49.2 Å². The molecule has 0 heterocycles. The first-order chi connectivity index (χ1) is 9.51. The monoisotopic (exact) mass is 337 g/mol. The fourth-order valence-corrected chi connectivity index (χ4v) is 2.79. The lowest BCUT2D eigenvalue weighted by Crippen LogP contribution is -2.08. The van der Waals surface area contributed by atoms with Crippen LogP contribution in [-0.4, -0.2) is 7.11 Å². The van der Waals surface area contributed by atoms with Crippen molar-refractivity contribution in [3.8, 4) is 5.75 Å². The highest BCUT2D eigenvalue weighted by Gasteiger charge is 2.12. The first kappa shape index (κ1) is 14.9. The third-order valence-electron chi connectivity index (χ3n) is 3.16. The fourth-order valence-electron chi connectivity index (χ4n) is 2.10. The van der Waals surface area contributed by atoms with Crippen LogP contribution >= 0.6 is 15.9 Å². The largest absolute Gasteiger partial charge is 0.495 e. The molecule has 0 saturated carbocycles. The van der Waals surface area contributed by atoms with E-state index in [1.165, 1.54) is 12.1 Å². The summed E-state index contributed by atoms with van der Waals surface area (Å²) in [6, 6.07) is 10.7. The van der Waals surface area contributed by atoms with Gasteiger partial charge in [-0.15, -0.1) is 0 Å². The molecule has 0 spiro atoms. The molecular formula is C16H17BrFNO. The Labute approximate surface area is 127 Å². The molecule has 2 aromatic rings. The van der Waals surface area contributed by atoms with E-state index in [0.29, 0.717) is 0 Å². The quantitative estimate of drug-likeness (QED) is 0.840. The van der Waals surface area contributed by atoms with Gasteiger partial charge in [0.05, 0.1) is 12.8 Å². The van der Waals surface area contributed by atoms with E-state index in [2.05, 4.69) is 21.2 Å². The molecule has 0 bridgehead atoms. The van der Waals surface area contributed by atoms with Crippen LogP contribution in [0.5, 0.6) is 5.75 Å². The zero-order chi connectivity index (χ0) is 14.7.